The molecule has 1 N–H and O–H groups in total. The maximum atomic E-state index is 12.3. The van der Waals surface area contributed by atoms with Crippen molar-refractivity contribution in [2.45, 2.75) is 32.2 Å². The van der Waals surface area contributed by atoms with Crippen LogP contribution in [0.4, 0.5) is 4.79 Å². The van der Waals surface area contributed by atoms with Gasteiger partial charge < -0.3 is 10.1 Å². The summed E-state index contributed by atoms with van der Waals surface area (Å²) < 4.78 is 29.3. The van der Waals surface area contributed by atoms with Gasteiger partial charge in [0.1, 0.15) is 6.61 Å². The summed E-state index contributed by atoms with van der Waals surface area (Å²) in [5.74, 6) is -0.270. The maximum Gasteiger partial charge on any atom is 0.410 e. The number of amides is 2. The number of cyclic esters (lactones) is 1. The van der Waals surface area contributed by atoms with Gasteiger partial charge in [0.05, 0.1) is 18.3 Å². The van der Waals surface area contributed by atoms with Gasteiger partial charge >= 0.3 is 6.09 Å². The lowest BCUT2D eigenvalue weighted by Crippen LogP contribution is -2.53. The first-order valence-corrected chi connectivity index (χ1v) is 9.63. The molecule has 0 aromatic heterocycles. The van der Waals surface area contributed by atoms with Crippen LogP contribution in [0.15, 0.2) is 0 Å². The molecule has 2 saturated heterocycles. The number of sulfonamides is 1. The van der Waals surface area contributed by atoms with Crippen molar-refractivity contribution < 1.29 is 22.7 Å². The fourth-order valence-electron chi connectivity index (χ4n) is 2.94. The van der Waals surface area contributed by atoms with Crippen LogP contribution in [0.1, 0.15) is 26.7 Å². The standard InChI is InChI=1S/C14H25N3O5S/c1-14(2,17-8-9-22-13(17)19)10-15-12(18)11-4-6-16(7-5-11)23(3,20)21/h11H,4-10H2,1-3H3,(H,15,18). The van der Waals surface area contributed by atoms with Crippen LogP contribution in [0.2, 0.25) is 0 Å². The van der Waals surface area contributed by atoms with Crippen molar-refractivity contribution >= 4 is 22.0 Å². The molecule has 2 fully saturated rings. The molecule has 0 saturated carbocycles. The van der Waals surface area contributed by atoms with Gasteiger partial charge in [-0.3, -0.25) is 9.69 Å². The highest BCUT2D eigenvalue weighted by Crippen LogP contribution is 2.21. The molecule has 8 nitrogen and oxygen atoms in total. The molecular weight excluding hydrogens is 322 g/mol. The van der Waals surface area contributed by atoms with Crippen molar-refractivity contribution in [2.24, 2.45) is 5.92 Å². The Hall–Kier alpha value is -1.35. The normalized spacial score (nSPS) is 21.3. The topological polar surface area (TPSA) is 96.0 Å². The highest BCUT2D eigenvalue weighted by Gasteiger charge is 2.36. The largest absolute Gasteiger partial charge is 0.448 e. The molecule has 2 amide bonds. The van der Waals surface area contributed by atoms with Gasteiger partial charge in [-0.05, 0) is 26.7 Å². The molecule has 2 aliphatic rings. The zero-order valence-corrected chi connectivity index (χ0v) is 14.7. The number of ether oxygens (including phenoxy) is 1. The van der Waals surface area contributed by atoms with Crippen LogP contribution in [-0.2, 0) is 19.6 Å². The highest BCUT2D eigenvalue weighted by atomic mass is 32.2. The van der Waals surface area contributed by atoms with Gasteiger partial charge in [0, 0.05) is 25.6 Å². The molecule has 0 aliphatic carbocycles. The summed E-state index contributed by atoms with van der Waals surface area (Å²) in [5.41, 5.74) is -0.517. The fourth-order valence-corrected chi connectivity index (χ4v) is 3.81. The minimum Gasteiger partial charge on any atom is -0.448 e. The number of rotatable bonds is 5. The Bertz CT molecular complexity index is 567. The maximum absolute atomic E-state index is 12.3. The zero-order valence-electron chi connectivity index (χ0n) is 13.9. The van der Waals surface area contributed by atoms with Crippen molar-refractivity contribution in [1.29, 1.82) is 0 Å². The number of nitrogens with zero attached hydrogens (tertiary/aromatic N) is 2. The second kappa shape index (κ2) is 6.64. The first kappa shape index (κ1) is 18.0. The highest BCUT2D eigenvalue weighted by molar-refractivity contribution is 7.88. The van der Waals surface area contributed by atoms with Crippen molar-refractivity contribution in [3.8, 4) is 0 Å². The molecule has 0 aromatic rings. The summed E-state index contributed by atoms with van der Waals surface area (Å²) in [5, 5.41) is 2.89. The molecule has 0 radical (unpaired) electrons. The molecule has 0 spiro atoms. The van der Waals surface area contributed by atoms with Gasteiger partial charge in [-0.25, -0.2) is 17.5 Å². The molecule has 2 aliphatic heterocycles. The van der Waals surface area contributed by atoms with E-state index in [0.717, 1.165) is 0 Å². The van der Waals surface area contributed by atoms with Gasteiger partial charge in [0.2, 0.25) is 15.9 Å². The summed E-state index contributed by atoms with van der Waals surface area (Å²) in [6.07, 6.45) is 1.87. The van der Waals surface area contributed by atoms with Gasteiger partial charge in [-0.2, -0.15) is 0 Å². The lowest BCUT2D eigenvalue weighted by atomic mass is 9.96. The number of hydrogen-bond acceptors (Lipinski definition) is 5. The Kier molecular flexibility index (Phi) is 5.20. The molecule has 0 atom stereocenters. The van der Waals surface area contributed by atoms with E-state index in [2.05, 4.69) is 5.32 Å². The second-order valence-electron chi connectivity index (χ2n) is 6.73. The van der Waals surface area contributed by atoms with Crippen LogP contribution in [0.5, 0.6) is 0 Å². The smallest absolute Gasteiger partial charge is 0.410 e. The number of carbonyl (C=O) groups excluding carboxylic acids is 2. The molecule has 0 bridgehead atoms. The molecule has 0 aromatic carbocycles. The van der Waals surface area contributed by atoms with E-state index in [4.69, 9.17) is 4.74 Å². The van der Waals surface area contributed by atoms with Gasteiger partial charge in [0.25, 0.3) is 0 Å². The Labute approximate surface area is 137 Å². The van der Waals surface area contributed by atoms with E-state index in [1.54, 1.807) is 4.90 Å². The molecule has 0 unspecified atom stereocenters. The van der Waals surface area contributed by atoms with E-state index < -0.39 is 15.6 Å². The van der Waals surface area contributed by atoms with Crippen molar-refractivity contribution in [2.75, 3.05) is 39.0 Å². The Morgan fingerprint density at radius 2 is 1.91 bits per heavy atom. The van der Waals surface area contributed by atoms with Crippen LogP contribution >= 0.6 is 0 Å². The minimum atomic E-state index is -3.18. The number of piperidine rings is 1. The third-order valence-electron chi connectivity index (χ3n) is 4.48. The number of hydrogen-bond donors (Lipinski definition) is 1. The fraction of sp³-hybridized carbons (Fsp3) is 0.857. The second-order valence-corrected chi connectivity index (χ2v) is 8.71. The Morgan fingerprint density at radius 1 is 1.30 bits per heavy atom. The van der Waals surface area contributed by atoms with Crippen LogP contribution in [0.3, 0.4) is 0 Å². The first-order valence-electron chi connectivity index (χ1n) is 7.78. The average molecular weight is 347 g/mol. The summed E-state index contributed by atoms with van der Waals surface area (Å²) in [7, 11) is -3.18. The van der Waals surface area contributed by atoms with E-state index >= 15 is 0 Å². The summed E-state index contributed by atoms with van der Waals surface area (Å²) in [6.45, 7) is 5.75. The first-order chi connectivity index (χ1) is 10.6. The predicted molar refractivity (Wildman–Crippen MR) is 84.3 cm³/mol. The van der Waals surface area contributed by atoms with Crippen molar-refractivity contribution in [3.05, 3.63) is 0 Å². The SMILES string of the molecule is CC(C)(CNC(=O)C1CCN(S(C)(=O)=O)CC1)N1CCOC1=O. The van der Waals surface area contributed by atoms with Gasteiger partial charge in [-0.15, -0.1) is 0 Å². The Morgan fingerprint density at radius 3 is 2.39 bits per heavy atom. The summed E-state index contributed by atoms with van der Waals surface area (Å²) in [4.78, 5) is 25.5. The van der Waals surface area contributed by atoms with Gasteiger partial charge in [-0.1, -0.05) is 0 Å². The van der Waals surface area contributed by atoms with E-state index in [1.807, 2.05) is 13.8 Å². The van der Waals surface area contributed by atoms with Crippen LogP contribution in [0.25, 0.3) is 0 Å². The molecule has 2 heterocycles. The average Bonchev–Trinajstić information content (AvgIpc) is 2.91. The molecule has 132 valence electrons. The monoisotopic (exact) mass is 347 g/mol. The predicted octanol–water partition coefficient (Wildman–Crippen LogP) is 0.00500. The van der Waals surface area contributed by atoms with Crippen LogP contribution in [-0.4, -0.2) is 74.2 Å². The zero-order chi connectivity index (χ0) is 17.3. The van der Waals surface area contributed by atoms with Crippen LogP contribution < -0.4 is 5.32 Å². The number of nitrogens with one attached hydrogen (secondary N) is 1. The molecular formula is C14H25N3O5S. The number of carbonyl (C=O) groups is 2. The van der Waals surface area contributed by atoms with E-state index in [0.29, 0.717) is 45.6 Å². The molecule has 2 rings (SSSR count). The van der Waals surface area contributed by atoms with E-state index in [9.17, 15) is 18.0 Å². The summed E-state index contributed by atoms with van der Waals surface area (Å²) >= 11 is 0. The lowest BCUT2D eigenvalue weighted by Gasteiger charge is -2.35. The quantitative estimate of drug-likeness (QED) is 0.755. The minimum absolute atomic E-state index is 0.0845. The van der Waals surface area contributed by atoms with Gasteiger partial charge in [0.15, 0.2) is 0 Å². The third-order valence-corrected chi connectivity index (χ3v) is 5.78. The van der Waals surface area contributed by atoms with E-state index in [-0.39, 0.29) is 17.9 Å². The molecule has 23 heavy (non-hydrogen) atoms. The summed E-state index contributed by atoms with van der Waals surface area (Å²) in [6, 6.07) is 0. The molecule has 9 heteroatoms. The van der Waals surface area contributed by atoms with Crippen LogP contribution in [0, 0.1) is 5.92 Å². The van der Waals surface area contributed by atoms with Crippen molar-refractivity contribution in [1.82, 2.24) is 14.5 Å². The van der Waals surface area contributed by atoms with Crippen molar-refractivity contribution in [3.63, 3.8) is 0 Å². The van der Waals surface area contributed by atoms with E-state index in [1.165, 1.54) is 10.6 Å². The Balaban J connectivity index is 1.82. The lowest BCUT2D eigenvalue weighted by molar-refractivity contribution is -0.126. The third kappa shape index (κ3) is 4.35.